The Morgan fingerprint density at radius 3 is 1.48 bits per heavy atom. The molecule has 0 atom stereocenters. The van der Waals surface area contributed by atoms with Gasteiger partial charge in [-0.3, -0.25) is 4.57 Å². The number of hydrogen-bond acceptors (Lipinski definition) is 2. The third kappa shape index (κ3) is 4.70. The van der Waals surface area contributed by atoms with Crippen LogP contribution in [-0.4, -0.2) is 19.1 Å². The highest BCUT2D eigenvalue weighted by Gasteiger charge is 2.23. The molecule has 0 aliphatic carbocycles. The van der Waals surface area contributed by atoms with E-state index >= 15 is 0 Å². The second-order valence-electron chi connectivity index (χ2n) is 13.8. The van der Waals surface area contributed by atoms with Crippen molar-refractivity contribution in [1.29, 1.82) is 0 Å². The number of rotatable bonds is 5. The standard InChI is InChI=1S/C50H32N4/c1-3-14-33(15-4-1)34-26-28-35(29-27-34)36-16-13-17-37(32-36)49-50(52-42-23-10-9-22-41(42)51-49)54-44-25-12-8-21-40(44)48-46(54)31-30-45-47(48)39-20-7-11-24-43(39)53(45)38-18-5-2-6-19-38/h1-32H. The maximum Gasteiger partial charge on any atom is 0.165 e. The van der Waals surface area contributed by atoms with E-state index in [4.69, 9.17) is 9.97 Å². The van der Waals surface area contributed by atoms with Crippen molar-refractivity contribution in [3.05, 3.63) is 194 Å². The summed E-state index contributed by atoms with van der Waals surface area (Å²) >= 11 is 0. The Balaban J connectivity index is 1.17. The lowest BCUT2D eigenvalue weighted by molar-refractivity contribution is 1.08. The van der Waals surface area contributed by atoms with Gasteiger partial charge in [-0.15, -0.1) is 0 Å². The molecule has 4 nitrogen and oxygen atoms in total. The first-order valence-electron chi connectivity index (χ1n) is 18.3. The number of hydrogen-bond donors (Lipinski definition) is 0. The Bertz CT molecular complexity index is 3190. The summed E-state index contributed by atoms with van der Waals surface area (Å²) in [5.41, 5.74) is 14.0. The van der Waals surface area contributed by atoms with Gasteiger partial charge in [-0.1, -0.05) is 140 Å². The average Bonchev–Trinajstić information content (AvgIpc) is 3.77. The minimum Gasteiger partial charge on any atom is -0.309 e. The van der Waals surface area contributed by atoms with Crippen molar-refractivity contribution in [2.24, 2.45) is 0 Å². The van der Waals surface area contributed by atoms with Crippen molar-refractivity contribution in [2.45, 2.75) is 0 Å². The molecule has 3 aromatic heterocycles. The Labute approximate surface area is 311 Å². The van der Waals surface area contributed by atoms with Crippen molar-refractivity contribution in [3.8, 4) is 45.0 Å². The van der Waals surface area contributed by atoms with Crippen LogP contribution in [0.25, 0.3) is 99.7 Å². The molecule has 0 radical (unpaired) electrons. The Morgan fingerprint density at radius 2 is 0.796 bits per heavy atom. The van der Waals surface area contributed by atoms with Gasteiger partial charge in [-0.2, -0.15) is 0 Å². The lowest BCUT2D eigenvalue weighted by atomic mass is 9.98. The molecular weight excluding hydrogens is 657 g/mol. The van der Waals surface area contributed by atoms with E-state index in [1.165, 1.54) is 43.7 Å². The fourth-order valence-corrected chi connectivity index (χ4v) is 8.27. The van der Waals surface area contributed by atoms with Gasteiger partial charge in [-0.25, -0.2) is 9.97 Å². The van der Waals surface area contributed by atoms with Crippen LogP contribution < -0.4 is 0 Å². The third-order valence-corrected chi connectivity index (χ3v) is 10.7. The SMILES string of the molecule is c1ccc(-c2ccc(-c3cccc(-c4nc5ccccc5nc4-n4c5ccccc5c5c6c7ccccc7n(-c7ccccc7)c6ccc54)c3)cc2)cc1. The molecular formula is C50H32N4. The number of aromatic nitrogens is 4. The zero-order chi connectivity index (χ0) is 35.6. The van der Waals surface area contributed by atoms with Gasteiger partial charge < -0.3 is 4.57 Å². The van der Waals surface area contributed by atoms with Gasteiger partial charge in [-0.05, 0) is 76.9 Å². The molecule has 0 N–H and O–H groups in total. The highest BCUT2D eigenvalue weighted by atomic mass is 15.1. The van der Waals surface area contributed by atoms with E-state index in [1.54, 1.807) is 0 Å². The second kappa shape index (κ2) is 12.1. The minimum atomic E-state index is 0.808. The highest BCUT2D eigenvalue weighted by molar-refractivity contribution is 6.29. The molecule has 0 amide bonds. The van der Waals surface area contributed by atoms with E-state index in [0.29, 0.717) is 0 Å². The summed E-state index contributed by atoms with van der Waals surface area (Å²) < 4.78 is 4.71. The molecule has 0 saturated carbocycles. The van der Waals surface area contributed by atoms with E-state index < -0.39 is 0 Å². The molecule has 54 heavy (non-hydrogen) atoms. The number of nitrogens with zero attached hydrogens (tertiary/aromatic N) is 4. The zero-order valence-corrected chi connectivity index (χ0v) is 29.3. The molecule has 0 saturated heterocycles. The fraction of sp³-hybridized carbons (Fsp3) is 0. The summed E-state index contributed by atoms with van der Waals surface area (Å²) in [7, 11) is 0. The number of benzene rings is 8. The van der Waals surface area contributed by atoms with Crippen LogP contribution in [-0.2, 0) is 0 Å². The van der Waals surface area contributed by atoms with E-state index in [1.807, 2.05) is 12.1 Å². The first kappa shape index (κ1) is 30.3. The van der Waals surface area contributed by atoms with Crippen molar-refractivity contribution in [2.75, 3.05) is 0 Å². The molecule has 0 aliphatic heterocycles. The fourth-order valence-electron chi connectivity index (χ4n) is 8.27. The maximum atomic E-state index is 5.43. The van der Waals surface area contributed by atoms with Crippen molar-refractivity contribution >= 4 is 54.6 Å². The summed E-state index contributed by atoms with van der Waals surface area (Å²) in [6, 6.07) is 68.9. The van der Waals surface area contributed by atoms with Crippen LogP contribution in [0.4, 0.5) is 0 Å². The van der Waals surface area contributed by atoms with Crippen LogP contribution in [0.1, 0.15) is 0 Å². The monoisotopic (exact) mass is 688 g/mol. The lowest BCUT2D eigenvalue weighted by Gasteiger charge is -2.15. The molecule has 0 aliphatic rings. The average molecular weight is 689 g/mol. The normalized spacial score (nSPS) is 11.7. The summed E-state index contributed by atoms with van der Waals surface area (Å²) in [6.07, 6.45) is 0. The molecule has 4 heteroatoms. The van der Waals surface area contributed by atoms with Gasteiger partial charge in [0.1, 0.15) is 5.69 Å². The van der Waals surface area contributed by atoms with Crippen molar-refractivity contribution in [3.63, 3.8) is 0 Å². The Kier molecular flexibility index (Phi) is 6.82. The summed E-state index contributed by atoms with van der Waals surface area (Å²) in [5.74, 6) is 0.808. The molecule has 11 rings (SSSR count). The van der Waals surface area contributed by atoms with Crippen LogP contribution in [0.5, 0.6) is 0 Å². The molecule has 0 fully saturated rings. The molecule has 252 valence electrons. The zero-order valence-electron chi connectivity index (χ0n) is 29.3. The van der Waals surface area contributed by atoms with Crippen LogP contribution >= 0.6 is 0 Å². The molecule has 3 heterocycles. The van der Waals surface area contributed by atoms with Crippen LogP contribution in [0.15, 0.2) is 194 Å². The summed E-state index contributed by atoms with van der Waals surface area (Å²) in [6.45, 7) is 0. The molecule has 0 spiro atoms. The largest absolute Gasteiger partial charge is 0.309 e. The predicted octanol–water partition coefficient (Wildman–Crippen LogP) is 12.8. The number of para-hydroxylation sites is 5. The van der Waals surface area contributed by atoms with E-state index in [9.17, 15) is 0 Å². The predicted molar refractivity (Wildman–Crippen MR) is 225 cm³/mol. The lowest BCUT2D eigenvalue weighted by Crippen LogP contribution is -2.03. The van der Waals surface area contributed by atoms with Gasteiger partial charge in [0.2, 0.25) is 0 Å². The maximum absolute atomic E-state index is 5.43. The first-order chi connectivity index (χ1) is 26.8. The topological polar surface area (TPSA) is 35.6 Å². The quantitative estimate of drug-likeness (QED) is 0.180. The Morgan fingerprint density at radius 1 is 0.315 bits per heavy atom. The second-order valence-corrected chi connectivity index (χ2v) is 13.8. The summed E-state index contributed by atoms with van der Waals surface area (Å²) in [4.78, 5) is 10.8. The van der Waals surface area contributed by atoms with E-state index in [0.717, 1.165) is 56.0 Å². The minimum absolute atomic E-state index is 0.808. The Hall–Kier alpha value is -7.30. The molecule has 8 aromatic carbocycles. The van der Waals surface area contributed by atoms with Gasteiger partial charge in [0.25, 0.3) is 0 Å². The van der Waals surface area contributed by atoms with Crippen molar-refractivity contribution in [1.82, 2.24) is 19.1 Å². The third-order valence-electron chi connectivity index (χ3n) is 10.7. The van der Waals surface area contributed by atoms with Crippen LogP contribution in [0.2, 0.25) is 0 Å². The van der Waals surface area contributed by atoms with Gasteiger partial charge >= 0.3 is 0 Å². The van der Waals surface area contributed by atoms with E-state index in [2.05, 4.69) is 191 Å². The van der Waals surface area contributed by atoms with Crippen molar-refractivity contribution < 1.29 is 0 Å². The van der Waals surface area contributed by atoms with Crippen LogP contribution in [0, 0.1) is 0 Å². The molecule has 0 unspecified atom stereocenters. The molecule has 0 bridgehead atoms. The first-order valence-corrected chi connectivity index (χ1v) is 18.3. The van der Waals surface area contributed by atoms with Gasteiger partial charge in [0, 0.05) is 32.8 Å². The summed E-state index contributed by atoms with van der Waals surface area (Å²) in [5, 5.41) is 4.85. The number of fused-ring (bicyclic) bond motifs is 8. The molecule has 11 aromatic rings. The smallest absolute Gasteiger partial charge is 0.165 e. The highest BCUT2D eigenvalue weighted by Crippen LogP contribution is 2.43. The van der Waals surface area contributed by atoms with Gasteiger partial charge in [0.15, 0.2) is 5.82 Å². The van der Waals surface area contributed by atoms with E-state index in [-0.39, 0.29) is 0 Å². The van der Waals surface area contributed by atoms with Gasteiger partial charge in [0.05, 0.1) is 33.1 Å². The van der Waals surface area contributed by atoms with Crippen LogP contribution in [0.3, 0.4) is 0 Å².